The minimum Gasteiger partial charge on any atom is -0.321 e. The molecule has 6 rings (SSSR count). The van der Waals surface area contributed by atoms with Crippen LogP contribution in [0.15, 0.2) is 72.9 Å². The summed E-state index contributed by atoms with van der Waals surface area (Å²) in [7, 11) is 0. The number of fused-ring (bicyclic) bond motifs is 3. The molecule has 3 aromatic heterocycles. The molecule has 2 aromatic carbocycles. The second-order valence-corrected chi connectivity index (χ2v) is 9.85. The summed E-state index contributed by atoms with van der Waals surface area (Å²) in [4.78, 5) is 5.17. The van der Waals surface area contributed by atoms with Crippen molar-refractivity contribution in [3.8, 4) is 22.4 Å². The Hall–Kier alpha value is -3.57. The van der Waals surface area contributed by atoms with Gasteiger partial charge in [-0.3, -0.25) is 4.40 Å². The minimum atomic E-state index is -0.203. The van der Waals surface area contributed by atoms with Crippen LogP contribution in [0.25, 0.3) is 38.9 Å². The molecule has 176 valence electrons. The van der Waals surface area contributed by atoms with E-state index in [9.17, 15) is 0 Å². The summed E-state index contributed by atoms with van der Waals surface area (Å²) in [6.07, 6.45) is 9.81. The normalized spacial score (nSPS) is 15.6. The van der Waals surface area contributed by atoms with Crippen LogP contribution in [0.2, 0.25) is 0 Å². The highest BCUT2D eigenvalue weighted by Gasteiger charge is 2.29. The SMILES string of the molecule is CCCc1nnc2c3cc(-c4ccccc4)c(-c4ccc(C5(N)CCCCC5)cc4)nc3ccn12. The van der Waals surface area contributed by atoms with Crippen molar-refractivity contribution in [2.45, 2.75) is 57.4 Å². The van der Waals surface area contributed by atoms with Gasteiger partial charge >= 0.3 is 0 Å². The van der Waals surface area contributed by atoms with Gasteiger partial charge in [-0.15, -0.1) is 10.2 Å². The van der Waals surface area contributed by atoms with Crippen LogP contribution in [0.3, 0.4) is 0 Å². The third-order valence-electron chi connectivity index (χ3n) is 7.48. The number of aromatic nitrogens is 4. The molecule has 1 aliphatic carbocycles. The molecule has 5 nitrogen and oxygen atoms in total. The predicted molar refractivity (Wildman–Crippen MR) is 142 cm³/mol. The summed E-state index contributed by atoms with van der Waals surface area (Å²) in [5, 5.41) is 10.0. The molecular weight excluding hydrogens is 430 g/mol. The number of hydrogen-bond donors (Lipinski definition) is 1. The van der Waals surface area contributed by atoms with E-state index < -0.39 is 0 Å². The van der Waals surface area contributed by atoms with Crippen molar-refractivity contribution in [3.63, 3.8) is 0 Å². The van der Waals surface area contributed by atoms with Crippen LogP contribution in [0.4, 0.5) is 0 Å². The average molecular weight is 462 g/mol. The topological polar surface area (TPSA) is 69.1 Å². The van der Waals surface area contributed by atoms with Crippen LogP contribution in [0.5, 0.6) is 0 Å². The number of hydrogen-bond acceptors (Lipinski definition) is 4. The monoisotopic (exact) mass is 461 g/mol. The fourth-order valence-corrected chi connectivity index (χ4v) is 5.53. The molecular formula is C30H31N5. The summed E-state index contributed by atoms with van der Waals surface area (Å²) in [6.45, 7) is 2.16. The van der Waals surface area contributed by atoms with Gasteiger partial charge in [0.1, 0.15) is 5.82 Å². The number of aryl methyl sites for hydroxylation is 1. The molecule has 0 amide bonds. The third-order valence-corrected chi connectivity index (χ3v) is 7.48. The Morgan fingerprint density at radius 2 is 1.66 bits per heavy atom. The number of pyridine rings is 2. The van der Waals surface area contributed by atoms with Crippen molar-refractivity contribution in [2.75, 3.05) is 0 Å². The van der Waals surface area contributed by atoms with Crippen LogP contribution < -0.4 is 5.73 Å². The molecule has 0 bridgehead atoms. The Balaban J connectivity index is 1.51. The minimum absolute atomic E-state index is 0.203. The van der Waals surface area contributed by atoms with Crippen molar-refractivity contribution in [3.05, 3.63) is 84.3 Å². The maximum absolute atomic E-state index is 6.81. The molecule has 2 N–H and O–H groups in total. The lowest BCUT2D eigenvalue weighted by molar-refractivity contribution is 0.302. The number of nitrogens with two attached hydrogens (primary N) is 1. The highest BCUT2D eigenvalue weighted by atomic mass is 15.2. The first-order valence-corrected chi connectivity index (χ1v) is 12.8. The number of nitrogens with zero attached hydrogens (tertiary/aromatic N) is 4. The van der Waals surface area contributed by atoms with Gasteiger partial charge in [-0.1, -0.05) is 80.8 Å². The van der Waals surface area contributed by atoms with E-state index in [-0.39, 0.29) is 5.54 Å². The van der Waals surface area contributed by atoms with Crippen molar-refractivity contribution in [2.24, 2.45) is 5.73 Å². The third kappa shape index (κ3) is 3.90. The zero-order valence-corrected chi connectivity index (χ0v) is 20.2. The van der Waals surface area contributed by atoms with E-state index in [2.05, 4.69) is 82.2 Å². The van der Waals surface area contributed by atoms with E-state index in [1.165, 1.54) is 24.8 Å². The number of benzene rings is 2. The second-order valence-electron chi connectivity index (χ2n) is 9.85. The second kappa shape index (κ2) is 8.90. The van der Waals surface area contributed by atoms with E-state index >= 15 is 0 Å². The van der Waals surface area contributed by atoms with Crippen molar-refractivity contribution in [1.82, 2.24) is 19.6 Å². The van der Waals surface area contributed by atoms with Crippen molar-refractivity contribution >= 4 is 16.6 Å². The molecule has 3 heterocycles. The van der Waals surface area contributed by atoms with Gasteiger partial charge in [-0.05, 0) is 42.5 Å². The smallest absolute Gasteiger partial charge is 0.170 e. The molecule has 5 heteroatoms. The molecule has 0 radical (unpaired) electrons. The maximum Gasteiger partial charge on any atom is 0.170 e. The zero-order chi connectivity index (χ0) is 23.8. The molecule has 0 saturated heterocycles. The molecule has 0 spiro atoms. The lowest BCUT2D eigenvalue weighted by atomic mass is 9.77. The van der Waals surface area contributed by atoms with E-state index in [4.69, 9.17) is 10.7 Å². The van der Waals surface area contributed by atoms with Crippen LogP contribution in [0.1, 0.15) is 56.8 Å². The van der Waals surface area contributed by atoms with Gasteiger partial charge in [0, 0.05) is 34.7 Å². The maximum atomic E-state index is 6.81. The Kier molecular flexibility index (Phi) is 5.57. The molecule has 1 saturated carbocycles. The Labute approximate surface area is 206 Å². The fraction of sp³-hybridized carbons (Fsp3) is 0.300. The van der Waals surface area contributed by atoms with E-state index in [0.29, 0.717) is 0 Å². The summed E-state index contributed by atoms with van der Waals surface area (Å²) < 4.78 is 2.10. The molecule has 1 aliphatic rings. The molecule has 35 heavy (non-hydrogen) atoms. The standard InChI is InChI=1S/C30H31N5/c1-2-9-27-33-34-29-25-20-24(21-10-5-3-6-11-21)28(32-26(25)16-19-35(27)29)22-12-14-23(15-13-22)30(31)17-7-4-8-18-30/h3,5-6,10-16,19-20H,2,4,7-9,17-18,31H2,1H3. The Morgan fingerprint density at radius 1 is 0.886 bits per heavy atom. The van der Waals surface area contributed by atoms with Gasteiger partial charge in [-0.25, -0.2) is 4.98 Å². The molecule has 0 aliphatic heterocycles. The largest absolute Gasteiger partial charge is 0.321 e. The van der Waals surface area contributed by atoms with Gasteiger partial charge in [0.25, 0.3) is 0 Å². The lowest BCUT2D eigenvalue weighted by Gasteiger charge is -2.34. The first kappa shape index (κ1) is 21.9. The van der Waals surface area contributed by atoms with Gasteiger partial charge in [0.2, 0.25) is 0 Å². The zero-order valence-electron chi connectivity index (χ0n) is 20.2. The van der Waals surface area contributed by atoms with E-state index in [0.717, 1.165) is 70.4 Å². The van der Waals surface area contributed by atoms with Crippen molar-refractivity contribution < 1.29 is 0 Å². The van der Waals surface area contributed by atoms with Gasteiger partial charge in [0.05, 0.1) is 11.2 Å². The van der Waals surface area contributed by atoms with E-state index in [1.54, 1.807) is 0 Å². The summed E-state index contributed by atoms with van der Waals surface area (Å²) >= 11 is 0. The van der Waals surface area contributed by atoms with Crippen LogP contribution in [-0.4, -0.2) is 19.6 Å². The first-order chi connectivity index (χ1) is 17.2. The molecule has 0 unspecified atom stereocenters. The van der Waals surface area contributed by atoms with E-state index in [1.807, 2.05) is 12.3 Å². The molecule has 0 atom stereocenters. The number of rotatable bonds is 5. The summed E-state index contributed by atoms with van der Waals surface area (Å²) in [6, 6.07) is 23.6. The molecule has 1 fully saturated rings. The highest BCUT2D eigenvalue weighted by Crippen LogP contribution is 2.38. The lowest BCUT2D eigenvalue weighted by Crippen LogP contribution is -2.38. The summed E-state index contributed by atoms with van der Waals surface area (Å²) in [5.74, 6) is 0.990. The van der Waals surface area contributed by atoms with Gasteiger partial charge < -0.3 is 5.73 Å². The average Bonchev–Trinajstić information content (AvgIpc) is 3.32. The van der Waals surface area contributed by atoms with Gasteiger partial charge in [-0.2, -0.15) is 0 Å². The predicted octanol–water partition coefficient (Wildman–Crippen LogP) is 6.68. The highest BCUT2D eigenvalue weighted by molar-refractivity contribution is 5.98. The van der Waals surface area contributed by atoms with Crippen LogP contribution >= 0.6 is 0 Å². The van der Waals surface area contributed by atoms with Crippen LogP contribution in [-0.2, 0) is 12.0 Å². The van der Waals surface area contributed by atoms with Gasteiger partial charge in [0.15, 0.2) is 5.65 Å². The Morgan fingerprint density at radius 3 is 2.40 bits per heavy atom. The Bertz CT molecular complexity index is 1480. The quantitative estimate of drug-likeness (QED) is 0.317. The molecule has 5 aromatic rings. The van der Waals surface area contributed by atoms with Crippen molar-refractivity contribution in [1.29, 1.82) is 0 Å². The van der Waals surface area contributed by atoms with Crippen LogP contribution in [0, 0.1) is 0 Å². The first-order valence-electron chi connectivity index (χ1n) is 12.8. The fourth-order valence-electron chi connectivity index (χ4n) is 5.53. The summed E-state index contributed by atoms with van der Waals surface area (Å²) in [5.41, 5.74) is 13.9.